The van der Waals surface area contributed by atoms with E-state index in [1.807, 2.05) is 36.4 Å². The molecule has 21 heavy (non-hydrogen) atoms. The van der Waals surface area contributed by atoms with Crippen molar-refractivity contribution < 1.29 is 4.74 Å². The predicted molar refractivity (Wildman–Crippen MR) is 87.1 cm³/mol. The molecule has 0 bridgehead atoms. The van der Waals surface area contributed by atoms with E-state index in [9.17, 15) is 0 Å². The molecule has 0 aromatic heterocycles. The van der Waals surface area contributed by atoms with Gasteiger partial charge in [0.05, 0.1) is 5.56 Å². The molecule has 0 N–H and O–H groups in total. The normalized spacial score (nSPS) is 17.0. The van der Waals surface area contributed by atoms with Crippen LogP contribution in [0.1, 0.15) is 24.5 Å². The summed E-state index contributed by atoms with van der Waals surface area (Å²) < 4.78 is 6.11. The molecule has 0 spiro atoms. The van der Waals surface area contributed by atoms with Crippen LogP contribution in [0, 0.1) is 12.3 Å². The molecule has 0 fully saturated rings. The van der Waals surface area contributed by atoms with Crippen molar-refractivity contribution in [3.63, 3.8) is 0 Å². The standard InChI is InChI=1S/C19H19NO/c1-4-15-11-13-18-17(12-10-14(2)20(18)3)19(15)21-16-8-6-5-7-9-16/h1,5-9,11,13-14H,10,12H2,2-3H3. The molecule has 2 aromatic carbocycles. The lowest BCUT2D eigenvalue weighted by atomic mass is 9.94. The number of anilines is 1. The summed E-state index contributed by atoms with van der Waals surface area (Å²) in [6.45, 7) is 2.25. The summed E-state index contributed by atoms with van der Waals surface area (Å²) in [5.41, 5.74) is 3.26. The highest BCUT2D eigenvalue weighted by molar-refractivity contribution is 5.67. The van der Waals surface area contributed by atoms with Crippen LogP contribution in [0.2, 0.25) is 0 Å². The van der Waals surface area contributed by atoms with Crippen molar-refractivity contribution in [2.75, 3.05) is 11.9 Å². The van der Waals surface area contributed by atoms with Gasteiger partial charge in [0, 0.05) is 24.3 Å². The Morgan fingerprint density at radius 1 is 1.19 bits per heavy atom. The molecular weight excluding hydrogens is 258 g/mol. The lowest BCUT2D eigenvalue weighted by Crippen LogP contribution is -2.33. The third-order valence-corrected chi connectivity index (χ3v) is 4.21. The maximum absolute atomic E-state index is 6.11. The molecule has 0 saturated carbocycles. The lowest BCUT2D eigenvalue weighted by Gasteiger charge is -2.35. The van der Waals surface area contributed by atoms with Crippen molar-refractivity contribution in [2.24, 2.45) is 0 Å². The van der Waals surface area contributed by atoms with E-state index in [0.29, 0.717) is 6.04 Å². The zero-order chi connectivity index (χ0) is 14.8. The van der Waals surface area contributed by atoms with E-state index in [1.165, 1.54) is 11.3 Å². The molecule has 0 amide bonds. The average Bonchev–Trinajstić information content (AvgIpc) is 2.52. The molecule has 2 heteroatoms. The Kier molecular flexibility index (Phi) is 3.58. The molecule has 0 aliphatic carbocycles. The van der Waals surface area contributed by atoms with E-state index in [-0.39, 0.29) is 0 Å². The maximum Gasteiger partial charge on any atom is 0.148 e. The summed E-state index contributed by atoms with van der Waals surface area (Å²) in [4.78, 5) is 2.30. The van der Waals surface area contributed by atoms with Crippen LogP contribution in [-0.2, 0) is 6.42 Å². The van der Waals surface area contributed by atoms with Gasteiger partial charge in [-0.3, -0.25) is 0 Å². The van der Waals surface area contributed by atoms with Gasteiger partial charge in [-0.15, -0.1) is 6.42 Å². The number of para-hydroxylation sites is 1. The number of benzene rings is 2. The van der Waals surface area contributed by atoms with E-state index in [4.69, 9.17) is 11.2 Å². The van der Waals surface area contributed by atoms with Crippen LogP contribution >= 0.6 is 0 Å². The van der Waals surface area contributed by atoms with Crippen LogP contribution in [0.15, 0.2) is 42.5 Å². The smallest absolute Gasteiger partial charge is 0.148 e. The lowest BCUT2D eigenvalue weighted by molar-refractivity contribution is 0.467. The Labute approximate surface area is 126 Å². The van der Waals surface area contributed by atoms with Crippen LogP contribution in [0.4, 0.5) is 5.69 Å². The highest BCUT2D eigenvalue weighted by atomic mass is 16.5. The van der Waals surface area contributed by atoms with Crippen molar-refractivity contribution >= 4 is 5.69 Å². The van der Waals surface area contributed by atoms with E-state index in [0.717, 1.165) is 29.9 Å². The average molecular weight is 277 g/mol. The molecule has 1 unspecified atom stereocenters. The topological polar surface area (TPSA) is 12.5 Å². The fourth-order valence-electron chi connectivity index (χ4n) is 2.81. The highest BCUT2D eigenvalue weighted by Crippen LogP contribution is 2.39. The number of hydrogen-bond donors (Lipinski definition) is 0. The molecule has 2 aromatic rings. The van der Waals surface area contributed by atoms with E-state index in [2.05, 4.69) is 30.9 Å². The number of hydrogen-bond acceptors (Lipinski definition) is 2. The van der Waals surface area contributed by atoms with Crippen molar-refractivity contribution in [3.05, 3.63) is 53.6 Å². The maximum atomic E-state index is 6.11. The third kappa shape index (κ3) is 2.48. The van der Waals surface area contributed by atoms with Crippen molar-refractivity contribution in [1.82, 2.24) is 0 Å². The molecule has 3 rings (SSSR count). The van der Waals surface area contributed by atoms with Crippen molar-refractivity contribution in [3.8, 4) is 23.8 Å². The van der Waals surface area contributed by atoms with Crippen LogP contribution < -0.4 is 9.64 Å². The molecule has 2 nitrogen and oxygen atoms in total. The molecule has 0 radical (unpaired) electrons. The van der Waals surface area contributed by atoms with Gasteiger partial charge in [-0.25, -0.2) is 0 Å². The molecule has 1 aliphatic heterocycles. The van der Waals surface area contributed by atoms with Gasteiger partial charge in [0.25, 0.3) is 0 Å². The summed E-state index contributed by atoms with van der Waals surface area (Å²) in [6, 6.07) is 14.4. The van der Waals surface area contributed by atoms with E-state index in [1.54, 1.807) is 0 Å². The van der Waals surface area contributed by atoms with Crippen LogP contribution in [0.25, 0.3) is 0 Å². The number of terminal acetylenes is 1. The van der Waals surface area contributed by atoms with Gasteiger partial charge in [-0.2, -0.15) is 0 Å². The summed E-state index contributed by atoms with van der Waals surface area (Å²) in [5, 5.41) is 0. The number of fused-ring (bicyclic) bond motifs is 1. The fourth-order valence-corrected chi connectivity index (χ4v) is 2.81. The SMILES string of the molecule is C#Cc1ccc2c(c1Oc1ccccc1)CCC(C)N2C. The summed E-state index contributed by atoms with van der Waals surface area (Å²) in [6.07, 6.45) is 7.77. The first-order chi connectivity index (χ1) is 10.2. The van der Waals surface area contributed by atoms with Gasteiger partial charge in [-0.05, 0) is 44.0 Å². The second-order valence-electron chi connectivity index (χ2n) is 5.50. The summed E-state index contributed by atoms with van der Waals surface area (Å²) in [5.74, 6) is 4.40. The van der Waals surface area contributed by atoms with Gasteiger partial charge in [0.15, 0.2) is 0 Å². The first-order valence-electron chi connectivity index (χ1n) is 7.29. The Morgan fingerprint density at radius 3 is 2.67 bits per heavy atom. The summed E-state index contributed by atoms with van der Waals surface area (Å²) >= 11 is 0. The number of rotatable bonds is 2. The fraction of sp³-hybridized carbons (Fsp3) is 0.263. The second kappa shape index (κ2) is 5.54. The zero-order valence-corrected chi connectivity index (χ0v) is 12.5. The molecule has 1 atom stereocenters. The highest BCUT2D eigenvalue weighted by Gasteiger charge is 2.24. The Bertz CT molecular complexity index is 685. The molecule has 1 aliphatic rings. The summed E-state index contributed by atoms with van der Waals surface area (Å²) in [7, 11) is 2.13. The van der Waals surface area contributed by atoms with E-state index < -0.39 is 0 Å². The van der Waals surface area contributed by atoms with Gasteiger partial charge < -0.3 is 9.64 Å². The molecule has 1 heterocycles. The molecule has 106 valence electrons. The first-order valence-corrected chi connectivity index (χ1v) is 7.29. The third-order valence-electron chi connectivity index (χ3n) is 4.21. The van der Waals surface area contributed by atoms with Gasteiger partial charge in [0.1, 0.15) is 11.5 Å². The van der Waals surface area contributed by atoms with Crippen molar-refractivity contribution in [1.29, 1.82) is 0 Å². The minimum atomic E-state index is 0.541. The molecular formula is C19H19NO. The van der Waals surface area contributed by atoms with Gasteiger partial charge >= 0.3 is 0 Å². The van der Waals surface area contributed by atoms with Gasteiger partial charge in [0.2, 0.25) is 0 Å². The minimum absolute atomic E-state index is 0.541. The Balaban J connectivity index is 2.08. The molecule has 0 saturated heterocycles. The van der Waals surface area contributed by atoms with Crippen LogP contribution in [0.5, 0.6) is 11.5 Å². The van der Waals surface area contributed by atoms with Crippen LogP contribution in [0.3, 0.4) is 0 Å². The number of nitrogens with zero attached hydrogens (tertiary/aromatic N) is 1. The monoisotopic (exact) mass is 277 g/mol. The quantitative estimate of drug-likeness (QED) is 0.762. The second-order valence-corrected chi connectivity index (χ2v) is 5.50. The van der Waals surface area contributed by atoms with Crippen molar-refractivity contribution in [2.45, 2.75) is 25.8 Å². The minimum Gasteiger partial charge on any atom is -0.456 e. The number of ether oxygens (including phenoxy) is 1. The van der Waals surface area contributed by atoms with E-state index >= 15 is 0 Å². The van der Waals surface area contributed by atoms with Gasteiger partial charge in [-0.1, -0.05) is 24.1 Å². The largest absolute Gasteiger partial charge is 0.456 e. The zero-order valence-electron chi connectivity index (χ0n) is 12.5. The predicted octanol–water partition coefficient (Wildman–Crippen LogP) is 4.23. The Morgan fingerprint density at radius 2 is 1.95 bits per heavy atom. The van der Waals surface area contributed by atoms with Crippen LogP contribution in [-0.4, -0.2) is 13.1 Å². The first kappa shape index (κ1) is 13.6. The Hall–Kier alpha value is -2.40.